The molecule has 0 saturated carbocycles. The molecule has 1 heterocycles. The van der Waals surface area contributed by atoms with Gasteiger partial charge in [-0.2, -0.15) is 0 Å². The van der Waals surface area contributed by atoms with Gasteiger partial charge in [-0.15, -0.1) is 0 Å². The van der Waals surface area contributed by atoms with Gasteiger partial charge in [0, 0.05) is 5.92 Å². The van der Waals surface area contributed by atoms with Gasteiger partial charge in [0.1, 0.15) is 5.69 Å². The van der Waals surface area contributed by atoms with Gasteiger partial charge in [-0.1, -0.05) is 31.8 Å². The molecule has 0 spiro atoms. The summed E-state index contributed by atoms with van der Waals surface area (Å²) in [7, 11) is 0. The van der Waals surface area contributed by atoms with Gasteiger partial charge in [0.2, 0.25) is 0 Å². The van der Waals surface area contributed by atoms with Crippen molar-refractivity contribution in [2.45, 2.75) is 45.4 Å². The van der Waals surface area contributed by atoms with Crippen LogP contribution in [0.15, 0.2) is 10.8 Å². The summed E-state index contributed by atoms with van der Waals surface area (Å²) in [6.45, 7) is 4.27. The lowest BCUT2D eigenvalue weighted by Gasteiger charge is -2.10. The van der Waals surface area contributed by atoms with Gasteiger partial charge in [0.05, 0.1) is 0 Å². The van der Waals surface area contributed by atoms with E-state index in [1.807, 2.05) is 0 Å². The van der Waals surface area contributed by atoms with Gasteiger partial charge in [-0.3, -0.25) is 0 Å². The fourth-order valence-electron chi connectivity index (χ4n) is 1.51. The quantitative estimate of drug-likeness (QED) is 0.763. The van der Waals surface area contributed by atoms with Crippen LogP contribution >= 0.6 is 0 Å². The molecule has 0 amide bonds. The first-order chi connectivity index (χ1) is 6.29. The van der Waals surface area contributed by atoms with E-state index in [1.165, 1.54) is 19.1 Å². The number of unbranched alkanes of at least 4 members (excludes halogenated alkanes) is 1. The number of hydrogen-bond donors (Lipinski definition) is 1. The van der Waals surface area contributed by atoms with Crippen molar-refractivity contribution in [2.75, 3.05) is 0 Å². The van der Waals surface area contributed by atoms with Gasteiger partial charge in [-0.25, -0.2) is 0 Å². The first-order valence-electron chi connectivity index (χ1n) is 4.92. The maximum absolute atomic E-state index is 9.40. The Labute approximate surface area is 78.7 Å². The van der Waals surface area contributed by atoms with E-state index in [1.54, 1.807) is 0 Å². The second-order valence-corrected chi connectivity index (χ2v) is 3.33. The number of nitrogens with zero attached hydrogens (tertiary/aromatic N) is 1. The van der Waals surface area contributed by atoms with Crippen LogP contribution in [0.3, 0.4) is 0 Å². The molecule has 0 saturated heterocycles. The average molecular weight is 183 g/mol. The van der Waals surface area contributed by atoms with Crippen LogP contribution in [-0.2, 0) is 0 Å². The summed E-state index contributed by atoms with van der Waals surface area (Å²) in [6.07, 6.45) is 5.72. The van der Waals surface area contributed by atoms with Gasteiger partial charge in [-0.05, 0) is 12.8 Å². The smallest absolute Gasteiger partial charge is 0.179 e. The van der Waals surface area contributed by atoms with E-state index in [-0.39, 0.29) is 5.75 Å². The zero-order chi connectivity index (χ0) is 9.68. The molecule has 3 nitrogen and oxygen atoms in total. The summed E-state index contributed by atoms with van der Waals surface area (Å²) in [4.78, 5) is 0. The molecule has 1 aromatic heterocycles. The van der Waals surface area contributed by atoms with Crippen molar-refractivity contribution >= 4 is 0 Å². The second-order valence-electron chi connectivity index (χ2n) is 3.33. The number of aromatic nitrogens is 1. The molecule has 0 aromatic carbocycles. The topological polar surface area (TPSA) is 46.3 Å². The molecular weight excluding hydrogens is 166 g/mol. The van der Waals surface area contributed by atoms with E-state index in [9.17, 15) is 5.11 Å². The molecule has 3 heteroatoms. The number of aromatic hydroxyl groups is 1. The van der Waals surface area contributed by atoms with E-state index < -0.39 is 0 Å². The zero-order valence-electron chi connectivity index (χ0n) is 8.29. The van der Waals surface area contributed by atoms with Crippen LogP contribution in [-0.4, -0.2) is 10.3 Å². The van der Waals surface area contributed by atoms with Crippen LogP contribution in [0.4, 0.5) is 0 Å². The second kappa shape index (κ2) is 4.90. The normalized spacial score (nSPS) is 13.1. The van der Waals surface area contributed by atoms with Gasteiger partial charge in [0.15, 0.2) is 12.0 Å². The van der Waals surface area contributed by atoms with Gasteiger partial charge >= 0.3 is 0 Å². The Morgan fingerprint density at radius 1 is 1.54 bits per heavy atom. The first kappa shape index (κ1) is 10.1. The van der Waals surface area contributed by atoms with Crippen molar-refractivity contribution in [3.8, 4) is 5.75 Å². The minimum atomic E-state index is 0.197. The largest absolute Gasteiger partial charge is 0.503 e. The van der Waals surface area contributed by atoms with Crippen LogP contribution in [0.1, 0.15) is 51.1 Å². The maximum atomic E-state index is 9.40. The molecule has 1 rings (SSSR count). The highest BCUT2D eigenvalue weighted by Gasteiger charge is 2.16. The Kier molecular flexibility index (Phi) is 3.80. The summed E-state index contributed by atoms with van der Waals surface area (Å²) in [5.41, 5.74) is 0.718. The first-order valence-corrected chi connectivity index (χ1v) is 4.92. The molecule has 1 unspecified atom stereocenters. The van der Waals surface area contributed by atoms with E-state index in [4.69, 9.17) is 4.52 Å². The van der Waals surface area contributed by atoms with Crippen molar-refractivity contribution in [2.24, 2.45) is 0 Å². The number of rotatable bonds is 5. The third-order valence-electron chi connectivity index (χ3n) is 2.36. The minimum Gasteiger partial charge on any atom is -0.503 e. The molecule has 1 atom stereocenters. The van der Waals surface area contributed by atoms with Crippen molar-refractivity contribution in [3.63, 3.8) is 0 Å². The summed E-state index contributed by atoms with van der Waals surface area (Å²) in [6, 6.07) is 0. The molecule has 0 bridgehead atoms. The summed E-state index contributed by atoms with van der Waals surface area (Å²) < 4.78 is 4.71. The molecule has 1 aromatic rings. The minimum absolute atomic E-state index is 0.197. The van der Waals surface area contributed by atoms with Crippen LogP contribution < -0.4 is 0 Å². The Morgan fingerprint density at radius 2 is 2.31 bits per heavy atom. The highest BCUT2D eigenvalue weighted by atomic mass is 16.5. The standard InChI is InChI=1S/C10H17NO2/c1-3-5-6-8(4-2)10-9(12)7-13-11-10/h7-8,12H,3-6H2,1-2H3. The van der Waals surface area contributed by atoms with Crippen LogP contribution in [0.2, 0.25) is 0 Å². The molecule has 0 radical (unpaired) electrons. The monoisotopic (exact) mass is 183 g/mol. The van der Waals surface area contributed by atoms with E-state index in [0.29, 0.717) is 5.92 Å². The average Bonchev–Trinajstić information content (AvgIpc) is 2.54. The lowest BCUT2D eigenvalue weighted by atomic mass is 9.96. The van der Waals surface area contributed by atoms with Crippen LogP contribution in [0.5, 0.6) is 5.75 Å². The lowest BCUT2D eigenvalue weighted by molar-refractivity contribution is 0.397. The van der Waals surface area contributed by atoms with E-state index >= 15 is 0 Å². The molecule has 0 aliphatic rings. The molecule has 13 heavy (non-hydrogen) atoms. The van der Waals surface area contributed by atoms with Crippen molar-refractivity contribution in [1.82, 2.24) is 5.16 Å². The van der Waals surface area contributed by atoms with Crippen LogP contribution in [0, 0.1) is 0 Å². The third kappa shape index (κ3) is 2.47. The predicted molar refractivity (Wildman–Crippen MR) is 50.7 cm³/mol. The maximum Gasteiger partial charge on any atom is 0.179 e. The van der Waals surface area contributed by atoms with E-state index in [2.05, 4.69) is 19.0 Å². The zero-order valence-corrected chi connectivity index (χ0v) is 8.29. The third-order valence-corrected chi connectivity index (χ3v) is 2.36. The highest BCUT2D eigenvalue weighted by molar-refractivity contribution is 5.23. The van der Waals surface area contributed by atoms with Gasteiger partial charge < -0.3 is 9.63 Å². The molecule has 74 valence electrons. The molecule has 0 fully saturated rings. The lowest BCUT2D eigenvalue weighted by Crippen LogP contribution is -1.97. The Hall–Kier alpha value is -0.990. The van der Waals surface area contributed by atoms with Crippen molar-refractivity contribution in [1.29, 1.82) is 0 Å². The SMILES string of the molecule is CCCCC(CC)c1nocc1O. The predicted octanol–water partition coefficient (Wildman–Crippen LogP) is 3.06. The summed E-state index contributed by atoms with van der Waals surface area (Å²) >= 11 is 0. The summed E-state index contributed by atoms with van der Waals surface area (Å²) in [5, 5.41) is 13.2. The van der Waals surface area contributed by atoms with Crippen LogP contribution in [0.25, 0.3) is 0 Å². The fourth-order valence-corrected chi connectivity index (χ4v) is 1.51. The van der Waals surface area contributed by atoms with Gasteiger partial charge in [0.25, 0.3) is 0 Å². The summed E-state index contributed by atoms with van der Waals surface area (Å²) in [5.74, 6) is 0.543. The van der Waals surface area contributed by atoms with Crippen molar-refractivity contribution < 1.29 is 9.63 Å². The molecule has 0 aliphatic carbocycles. The van der Waals surface area contributed by atoms with Crippen molar-refractivity contribution in [3.05, 3.63) is 12.0 Å². The molecule has 1 N–H and O–H groups in total. The Morgan fingerprint density at radius 3 is 2.77 bits per heavy atom. The number of hydrogen-bond acceptors (Lipinski definition) is 3. The molecular formula is C10H17NO2. The highest BCUT2D eigenvalue weighted by Crippen LogP contribution is 2.30. The Balaban J connectivity index is 2.61. The van der Waals surface area contributed by atoms with E-state index in [0.717, 1.165) is 18.5 Å². The molecule has 0 aliphatic heterocycles. The Bertz CT molecular complexity index is 245. The fraction of sp³-hybridized carbons (Fsp3) is 0.700.